The van der Waals surface area contributed by atoms with Crippen molar-refractivity contribution in [2.45, 2.75) is 44.9 Å². The van der Waals surface area contributed by atoms with Crippen molar-refractivity contribution in [2.24, 2.45) is 0 Å². The molecule has 92 valence electrons. The van der Waals surface area contributed by atoms with Gasteiger partial charge in [-0.15, -0.1) is 0 Å². The first-order valence-corrected chi connectivity index (χ1v) is 5.79. The number of nitrogens with one attached hydrogen (secondary N) is 1. The number of rotatable bonds is 2. The second kappa shape index (κ2) is 3.98. The van der Waals surface area contributed by atoms with Crippen molar-refractivity contribution in [1.29, 1.82) is 0 Å². The van der Waals surface area contributed by atoms with Gasteiger partial charge in [0.05, 0.1) is 5.69 Å². The van der Waals surface area contributed by atoms with Crippen LogP contribution in [0.5, 0.6) is 0 Å². The molecular weight excluding hydrogens is 220 g/mol. The number of aryl methyl sites for hydroxylation is 1. The molecule has 1 aromatic heterocycles. The number of hydrogen-bond donors (Lipinski definition) is 2. The van der Waals surface area contributed by atoms with E-state index in [-0.39, 0.29) is 11.4 Å². The predicted octanol–water partition coefficient (Wildman–Crippen LogP) is 1.01. The highest BCUT2D eigenvalue weighted by Crippen LogP contribution is 2.22. The summed E-state index contributed by atoms with van der Waals surface area (Å²) < 4.78 is 0. The van der Waals surface area contributed by atoms with Crippen LogP contribution in [0.2, 0.25) is 0 Å². The third-order valence-electron chi connectivity index (χ3n) is 3.32. The monoisotopic (exact) mass is 236 g/mol. The van der Waals surface area contributed by atoms with Gasteiger partial charge in [-0.25, -0.2) is 4.98 Å². The van der Waals surface area contributed by atoms with E-state index in [0.29, 0.717) is 0 Å². The van der Waals surface area contributed by atoms with Crippen LogP contribution in [-0.4, -0.2) is 21.0 Å². The van der Waals surface area contributed by atoms with Gasteiger partial charge in [-0.05, 0) is 39.5 Å². The molecule has 0 fully saturated rings. The minimum Gasteiger partial charge on any atom is -0.481 e. The zero-order chi connectivity index (χ0) is 12.6. The molecule has 2 rings (SSSR count). The number of aliphatic carboxylic acids is 1. The predicted molar refractivity (Wildman–Crippen MR) is 62.2 cm³/mol. The van der Waals surface area contributed by atoms with Gasteiger partial charge in [0.15, 0.2) is 0 Å². The lowest BCUT2D eigenvalue weighted by Gasteiger charge is -2.21. The number of H-pyrrole nitrogens is 1. The van der Waals surface area contributed by atoms with Crippen LogP contribution in [0.15, 0.2) is 4.79 Å². The Hall–Kier alpha value is -1.65. The lowest BCUT2D eigenvalue weighted by Crippen LogP contribution is -2.35. The van der Waals surface area contributed by atoms with Gasteiger partial charge >= 0.3 is 5.97 Å². The van der Waals surface area contributed by atoms with Crippen molar-refractivity contribution in [1.82, 2.24) is 9.97 Å². The van der Waals surface area contributed by atoms with Crippen LogP contribution in [-0.2, 0) is 23.1 Å². The number of nitrogens with zero attached hydrogens (tertiary/aromatic N) is 1. The zero-order valence-electron chi connectivity index (χ0n) is 10.0. The molecule has 0 amide bonds. The average Bonchev–Trinajstić information content (AvgIpc) is 2.28. The highest BCUT2D eigenvalue weighted by Gasteiger charge is 2.33. The molecule has 0 saturated heterocycles. The molecule has 0 aromatic carbocycles. The maximum Gasteiger partial charge on any atom is 0.316 e. The van der Waals surface area contributed by atoms with E-state index in [9.17, 15) is 9.59 Å². The van der Waals surface area contributed by atoms with Gasteiger partial charge < -0.3 is 10.1 Å². The molecule has 5 heteroatoms. The fraction of sp³-hybridized carbons (Fsp3) is 0.583. The summed E-state index contributed by atoms with van der Waals surface area (Å²) in [5.74, 6) is -0.743. The molecule has 5 nitrogen and oxygen atoms in total. The van der Waals surface area contributed by atoms with Gasteiger partial charge in [-0.3, -0.25) is 9.59 Å². The Kier molecular flexibility index (Phi) is 2.77. The van der Waals surface area contributed by atoms with E-state index in [1.165, 1.54) is 0 Å². The summed E-state index contributed by atoms with van der Waals surface area (Å²) in [5.41, 5.74) is 0.149. The van der Waals surface area contributed by atoms with E-state index in [0.717, 1.165) is 36.9 Å². The normalized spacial score (nSPS) is 15.4. The Morgan fingerprint density at radius 2 is 2.00 bits per heavy atom. The van der Waals surface area contributed by atoms with Crippen molar-refractivity contribution in [3.8, 4) is 0 Å². The molecule has 1 aliphatic rings. The van der Waals surface area contributed by atoms with Crippen LogP contribution in [0.25, 0.3) is 0 Å². The number of aromatic nitrogens is 2. The number of hydrogen-bond acceptors (Lipinski definition) is 3. The number of carboxylic acid groups (broad SMARTS) is 1. The second-order valence-electron chi connectivity index (χ2n) is 4.98. The second-order valence-corrected chi connectivity index (χ2v) is 4.98. The van der Waals surface area contributed by atoms with Crippen molar-refractivity contribution in [2.75, 3.05) is 0 Å². The summed E-state index contributed by atoms with van der Waals surface area (Å²) in [4.78, 5) is 29.9. The first-order valence-electron chi connectivity index (χ1n) is 5.79. The molecule has 1 aliphatic carbocycles. The summed E-state index contributed by atoms with van der Waals surface area (Å²) in [5, 5.41) is 9.13. The summed E-state index contributed by atoms with van der Waals surface area (Å²) in [6, 6.07) is 0. The Balaban J connectivity index is 2.55. The quantitative estimate of drug-likeness (QED) is 0.802. The van der Waals surface area contributed by atoms with Crippen molar-refractivity contribution in [3.63, 3.8) is 0 Å². The molecule has 0 unspecified atom stereocenters. The maximum atomic E-state index is 11.9. The molecule has 0 atom stereocenters. The molecule has 0 bridgehead atoms. The van der Waals surface area contributed by atoms with E-state index >= 15 is 0 Å². The zero-order valence-corrected chi connectivity index (χ0v) is 10.0. The van der Waals surface area contributed by atoms with E-state index in [2.05, 4.69) is 9.97 Å². The van der Waals surface area contributed by atoms with Crippen molar-refractivity contribution in [3.05, 3.63) is 27.4 Å². The van der Waals surface area contributed by atoms with Crippen LogP contribution < -0.4 is 5.56 Å². The number of fused-ring (bicyclic) bond motifs is 1. The third-order valence-corrected chi connectivity index (χ3v) is 3.32. The van der Waals surface area contributed by atoms with Crippen LogP contribution in [0, 0.1) is 0 Å². The first kappa shape index (κ1) is 11.8. The molecule has 0 radical (unpaired) electrons. The van der Waals surface area contributed by atoms with Crippen LogP contribution >= 0.6 is 0 Å². The summed E-state index contributed by atoms with van der Waals surface area (Å²) >= 11 is 0. The van der Waals surface area contributed by atoms with Crippen LogP contribution in [0.3, 0.4) is 0 Å². The van der Waals surface area contributed by atoms with Crippen molar-refractivity contribution < 1.29 is 9.90 Å². The Labute approximate surface area is 98.9 Å². The molecule has 0 aliphatic heterocycles. The van der Waals surface area contributed by atoms with Gasteiger partial charge in [0, 0.05) is 5.56 Å². The Morgan fingerprint density at radius 3 is 2.65 bits per heavy atom. The van der Waals surface area contributed by atoms with E-state index in [1.54, 1.807) is 13.8 Å². The number of aromatic amines is 1. The largest absolute Gasteiger partial charge is 0.481 e. The smallest absolute Gasteiger partial charge is 0.316 e. The number of carbonyl (C=O) groups is 1. The maximum absolute atomic E-state index is 11.9. The minimum absolute atomic E-state index is 0.181. The SMILES string of the molecule is CC(C)(C(=O)O)c1nc2c(c(=O)[nH]1)CCCC2. The highest BCUT2D eigenvalue weighted by molar-refractivity contribution is 5.78. The highest BCUT2D eigenvalue weighted by atomic mass is 16.4. The fourth-order valence-electron chi connectivity index (χ4n) is 2.00. The van der Waals surface area contributed by atoms with Crippen molar-refractivity contribution >= 4 is 5.97 Å². The van der Waals surface area contributed by atoms with Gasteiger partial charge in [-0.2, -0.15) is 0 Å². The Bertz CT molecular complexity index is 517. The molecule has 1 heterocycles. The van der Waals surface area contributed by atoms with E-state index in [1.807, 2.05) is 0 Å². The first-order chi connectivity index (χ1) is 7.93. The summed E-state index contributed by atoms with van der Waals surface area (Å²) in [6.07, 6.45) is 3.52. The van der Waals surface area contributed by atoms with Gasteiger partial charge in [0.25, 0.3) is 5.56 Å². The van der Waals surface area contributed by atoms with Crippen LogP contribution in [0.1, 0.15) is 43.8 Å². The summed E-state index contributed by atoms with van der Waals surface area (Å²) in [7, 11) is 0. The molecule has 2 N–H and O–H groups in total. The Morgan fingerprint density at radius 1 is 1.35 bits per heavy atom. The molecule has 17 heavy (non-hydrogen) atoms. The topological polar surface area (TPSA) is 83.0 Å². The van der Waals surface area contributed by atoms with E-state index in [4.69, 9.17) is 5.11 Å². The molecule has 0 spiro atoms. The van der Waals surface area contributed by atoms with E-state index < -0.39 is 11.4 Å². The lowest BCUT2D eigenvalue weighted by atomic mass is 9.91. The molecular formula is C12H16N2O3. The standard InChI is InChI=1S/C12H16N2O3/c1-12(2,11(16)17)10-13-8-6-4-3-5-7(8)9(15)14-10/h3-6H2,1-2H3,(H,16,17)(H,13,14,15). The number of carboxylic acids is 1. The third kappa shape index (κ3) is 1.97. The molecule has 0 saturated carbocycles. The lowest BCUT2D eigenvalue weighted by molar-refractivity contribution is -0.142. The van der Waals surface area contributed by atoms with Gasteiger partial charge in [0.1, 0.15) is 11.2 Å². The fourth-order valence-corrected chi connectivity index (χ4v) is 2.00. The molecule has 1 aromatic rings. The summed E-state index contributed by atoms with van der Waals surface area (Å²) in [6.45, 7) is 3.09. The van der Waals surface area contributed by atoms with Gasteiger partial charge in [-0.1, -0.05) is 0 Å². The average molecular weight is 236 g/mol. The minimum atomic E-state index is -1.16. The van der Waals surface area contributed by atoms with Crippen LogP contribution in [0.4, 0.5) is 0 Å². The van der Waals surface area contributed by atoms with Gasteiger partial charge in [0.2, 0.25) is 0 Å².